The summed E-state index contributed by atoms with van der Waals surface area (Å²) >= 11 is 0. The number of nitrogens with one attached hydrogen (secondary N) is 1. The van der Waals surface area contributed by atoms with Gasteiger partial charge in [0.1, 0.15) is 17.3 Å². The van der Waals surface area contributed by atoms with Crippen LogP contribution in [0, 0.1) is 22.9 Å². The molecule has 0 spiro atoms. The average Bonchev–Trinajstić information content (AvgIpc) is 2.61. The SMILES string of the molecule is O=C(NC12CC(C(F)(F)F)(C1)C2)C1=CN(c2c(F)cc(F)cc2F)c2ncccc2C1. The Kier molecular flexibility index (Phi) is 4.00. The van der Waals surface area contributed by atoms with Gasteiger partial charge in [-0.15, -0.1) is 0 Å². The molecule has 1 aromatic carbocycles. The van der Waals surface area contributed by atoms with Gasteiger partial charge < -0.3 is 5.32 Å². The topological polar surface area (TPSA) is 45.2 Å². The molecule has 6 rings (SSSR count). The largest absolute Gasteiger partial charge is 0.394 e. The number of pyridine rings is 1. The number of carbonyl (C=O) groups is 1. The predicted molar refractivity (Wildman–Crippen MR) is 97.7 cm³/mol. The minimum absolute atomic E-state index is 0.0798. The van der Waals surface area contributed by atoms with Crippen molar-refractivity contribution in [2.24, 2.45) is 5.41 Å². The number of hydrogen-bond acceptors (Lipinski definition) is 3. The molecule has 4 nitrogen and oxygen atoms in total. The second kappa shape index (κ2) is 6.24. The molecule has 31 heavy (non-hydrogen) atoms. The number of anilines is 2. The van der Waals surface area contributed by atoms with Gasteiger partial charge in [0.15, 0.2) is 11.6 Å². The monoisotopic (exact) mass is 439 g/mol. The molecule has 10 heteroatoms. The van der Waals surface area contributed by atoms with Crippen molar-refractivity contribution in [2.45, 2.75) is 37.4 Å². The zero-order chi connectivity index (χ0) is 22.2. The summed E-state index contributed by atoms with van der Waals surface area (Å²) in [6.07, 6.45) is -2.15. The summed E-state index contributed by atoms with van der Waals surface area (Å²) in [6, 6.07) is 4.24. The molecule has 1 aliphatic heterocycles. The fourth-order valence-electron chi connectivity index (χ4n) is 4.87. The second-order valence-electron chi connectivity index (χ2n) is 8.45. The minimum Gasteiger partial charge on any atom is -0.347 e. The number of halogens is 6. The lowest BCUT2D eigenvalue weighted by atomic mass is 9.39. The summed E-state index contributed by atoms with van der Waals surface area (Å²) in [5, 5.41) is 2.66. The van der Waals surface area contributed by atoms with Gasteiger partial charge in [0.05, 0.1) is 5.41 Å². The van der Waals surface area contributed by atoms with E-state index in [9.17, 15) is 31.1 Å². The first-order valence-electron chi connectivity index (χ1n) is 9.50. The van der Waals surface area contributed by atoms with Gasteiger partial charge in [-0.05, 0) is 25.3 Å². The van der Waals surface area contributed by atoms with Crippen LogP contribution in [0.5, 0.6) is 0 Å². The van der Waals surface area contributed by atoms with E-state index in [1.165, 1.54) is 12.4 Å². The van der Waals surface area contributed by atoms with Gasteiger partial charge >= 0.3 is 6.18 Å². The van der Waals surface area contributed by atoms with Crippen molar-refractivity contribution in [2.75, 3.05) is 4.90 Å². The highest BCUT2D eigenvalue weighted by molar-refractivity contribution is 5.96. The third-order valence-corrected chi connectivity index (χ3v) is 6.29. The van der Waals surface area contributed by atoms with Crippen LogP contribution in [0.2, 0.25) is 0 Å². The van der Waals surface area contributed by atoms with Gasteiger partial charge in [0.2, 0.25) is 5.91 Å². The van der Waals surface area contributed by atoms with E-state index in [2.05, 4.69) is 10.3 Å². The molecule has 1 amide bonds. The van der Waals surface area contributed by atoms with Crippen LogP contribution in [0.15, 0.2) is 42.2 Å². The number of fused-ring (bicyclic) bond motifs is 1. The molecule has 162 valence electrons. The third kappa shape index (κ3) is 2.91. The fourth-order valence-corrected chi connectivity index (χ4v) is 4.87. The normalized spacial score (nSPS) is 26.4. The molecule has 2 aromatic rings. The first-order valence-corrected chi connectivity index (χ1v) is 9.50. The van der Waals surface area contributed by atoms with Crippen LogP contribution in [0.3, 0.4) is 0 Å². The van der Waals surface area contributed by atoms with Crippen molar-refractivity contribution in [3.63, 3.8) is 0 Å². The van der Waals surface area contributed by atoms with E-state index < -0.39 is 46.2 Å². The second-order valence-corrected chi connectivity index (χ2v) is 8.45. The molecule has 1 aromatic heterocycles. The Balaban J connectivity index is 1.45. The summed E-state index contributed by atoms with van der Waals surface area (Å²) < 4.78 is 81.4. The van der Waals surface area contributed by atoms with Crippen LogP contribution in [-0.4, -0.2) is 22.6 Å². The van der Waals surface area contributed by atoms with Crippen LogP contribution in [-0.2, 0) is 11.2 Å². The standard InChI is InChI=1S/C21H15F6N3O/c22-13-5-14(23)16(15(24)6-13)30-7-12(4-11-2-1-3-28-17(11)30)18(31)29-20-8-19(9-20,10-20)21(25,26)27/h1-3,5-7H,4,8-10H2,(H,29,31). The molecular weight excluding hydrogens is 424 g/mol. The van der Waals surface area contributed by atoms with Crippen molar-refractivity contribution in [3.05, 3.63) is 65.3 Å². The van der Waals surface area contributed by atoms with Gasteiger partial charge in [-0.3, -0.25) is 9.69 Å². The van der Waals surface area contributed by atoms with Gasteiger partial charge in [-0.2, -0.15) is 13.2 Å². The average molecular weight is 439 g/mol. The molecule has 3 fully saturated rings. The minimum atomic E-state index is -4.30. The molecule has 1 N–H and O–H groups in total. The van der Waals surface area contributed by atoms with Crippen molar-refractivity contribution < 1.29 is 31.1 Å². The number of alkyl halides is 3. The molecular formula is C21H15F6N3O. The Morgan fingerprint density at radius 2 is 1.74 bits per heavy atom. The highest BCUT2D eigenvalue weighted by Gasteiger charge is 2.79. The third-order valence-electron chi connectivity index (χ3n) is 6.29. The smallest absolute Gasteiger partial charge is 0.347 e. The highest BCUT2D eigenvalue weighted by Crippen LogP contribution is 2.73. The lowest BCUT2D eigenvalue weighted by Gasteiger charge is -2.70. The van der Waals surface area contributed by atoms with Crippen molar-refractivity contribution in [1.29, 1.82) is 0 Å². The van der Waals surface area contributed by atoms with Crippen LogP contribution in [0.25, 0.3) is 0 Å². The van der Waals surface area contributed by atoms with Crippen molar-refractivity contribution in [1.82, 2.24) is 10.3 Å². The quantitative estimate of drug-likeness (QED) is 0.707. The van der Waals surface area contributed by atoms with Crippen LogP contribution in [0.1, 0.15) is 24.8 Å². The predicted octanol–water partition coefficient (Wildman–Crippen LogP) is 4.68. The number of aromatic nitrogens is 1. The maximum atomic E-state index is 14.4. The maximum absolute atomic E-state index is 14.4. The van der Waals surface area contributed by atoms with E-state index in [4.69, 9.17) is 0 Å². The van der Waals surface area contributed by atoms with Crippen LogP contribution >= 0.6 is 0 Å². The summed E-state index contributed by atoms with van der Waals surface area (Å²) in [4.78, 5) is 18.0. The molecule has 3 saturated carbocycles. The number of amides is 1. The van der Waals surface area contributed by atoms with E-state index in [0.717, 1.165) is 4.90 Å². The van der Waals surface area contributed by atoms with Crippen LogP contribution < -0.4 is 10.2 Å². The molecule has 3 aliphatic carbocycles. The Bertz CT molecular complexity index is 1100. The highest BCUT2D eigenvalue weighted by atomic mass is 19.4. The molecule has 0 atom stereocenters. The fraction of sp³-hybridized carbons (Fsp3) is 0.333. The summed E-state index contributed by atoms with van der Waals surface area (Å²) in [6.45, 7) is 0. The summed E-state index contributed by atoms with van der Waals surface area (Å²) in [7, 11) is 0. The molecule has 2 heterocycles. The Morgan fingerprint density at radius 3 is 2.35 bits per heavy atom. The van der Waals surface area contributed by atoms with Gasteiger partial charge in [-0.25, -0.2) is 18.2 Å². The van der Waals surface area contributed by atoms with E-state index in [1.54, 1.807) is 12.1 Å². The zero-order valence-corrected chi connectivity index (χ0v) is 15.9. The lowest BCUT2D eigenvalue weighted by molar-refractivity contribution is -0.337. The number of carbonyl (C=O) groups excluding carboxylic acids is 1. The van der Waals surface area contributed by atoms with E-state index >= 15 is 0 Å². The summed E-state index contributed by atoms with van der Waals surface area (Å²) in [5.41, 5.74) is -2.63. The van der Waals surface area contributed by atoms with Gasteiger partial charge in [0, 0.05) is 47.6 Å². The number of hydrogen-bond donors (Lipinski definition) is 1. The van der Waals surface area contributed by atoms with E-state index in [0.29, 0.717) is 17.7 Å². The molecule has 0 radical (unpaired) electrons. The molecule has 4 aliphatic rings. The van der Waals surface area contributed by atoms with Crippen LogP contribution in [0.4, 0.5) is 37.8 Å². The molecule has 0 saturated heterocycles. The van der Waals surface area contributed by atoms with Crippen molar-refractivity contribution in [3.8, 4) is 0 Å². The number of rotatable bonds is 3. The zero-order valence-electron chi connectivity index (χ0n) is 15.9. The summed E-state index contributed by atoms with van der Waals surface area (Å²) in [5.74, 6) is -3.90. The van der Waals surface area contributed by atoms with E-state index in [1.807, 2.05) is 0 Å². The first kappa shape index (κ1) is 19.9. The molecule has 0 unspecified atom stereocenters. The molecule has 2 bridgehead atoms. The van der Waals surface area contributed by atoms with Crippen molar-refractivity contribution >= 4 is 17.4 Å². The Morgan fingerprint density at radius 1 is 1.10 bits per heavy atom. The van der Waals surface area contributed by atoms with Gasteiger partial charge in [0.25, 0.3) is 0 Å². The number of benzene rings is 1. The number of nitrogens with zero attached hydrogens (tertiary/aromatic N) is 2. The first-order chi connectivity index (χ1) is 14.5. The van der Waals surface area contributed by atoms with E-state index in [-0.39, 0.29) is 37.1 Å². The Hall–Kier alpha value is -3.04. The lowest BCUT2D eigenvalue weighted by Crippen LogP contribution is -2.78. The van der Waals surface area contributed by atoms with Gasteiger partial charge in [-0.1, -0.05) is 6.07 Å². The Labute approximate surface area is 172 Å². The maximum Gasteiger partial charge on any atom is 0.394 e.